The van der Waals surface area contributed by atoms with Crippen LogP contribution in [-0.2, 0) is 19.4 Å². The molecule has 5 heteroatoms. The van der Waals surface area contributed by atoms with E-state index in [1.165, 1.54) is 21.6 Å². The van der Waals surface area contributed by atoms with Gasteiger partial charge in [-0.3, -0.25) is 4.79 Å². The fourth-order valence-corrected chi connectivity index (χ4v) is 4.65. The lowest BCUT2D eigenvalue weighted by Gasteiger charge is -2.28. The van der Waals surface area contributed by atoms with E-state index >= 15 is 0 Å². The highest BCUT2D eigenvalue weighted by molar-refractivity contribution is 7.98. The predicted molar refractivity (Wildman–Crippen MR) is 120 cm³/mol. The van der Waals surface area contributed by atoms with Gasteiger partial charge in [0.05, 0.1) is 16.6 Å². The molecule has 1 aliphatic rings. The summed E-state index contributed by atoms with van der Waals surface area (Å²) in [5, 5.41) is 3.63. The number of rotatable bonds is 6. The Morgan fingerprint density at radius 1 is 1.43 bits per heavy atom. The number of likely N-dealkylation sites (N-methyl/N-ethyl adjacent to an activating group) is 1. The maximum Gasteiger partial charge on any atom is 0.253 e. The molecule has 148 valence electrons. The monoisotopic (exact) mass is 414 g/mol. The lowest BCUT2D eigenvalue weighted by molar-refractivity contribution is 0.0943. The van der Waals surface area contributed by atoms with Crippen molar-refractivity contribution in [2.45, 2.75) is 37.2 Å². The van der Waals surface area contributed by atoms with E-state index in [0.29, 0.717) is 17.0 Å². The Hall–Kier alpha value is -1.75. The van der Waals surface area contributed by atoms with Gasteiger partial charge in [-0.25, -0.2) is 0 Å². The number of hydrogen-bond acceptors (Lipinski definition) is 3. The zero-order chi connectivity index (χ0) is 20.3. The van der Waals surface area contributed by atoms with Crippen molar-refractivity contribution >= 4 is 29.3 Å². The van der Waals surface area contributed by atoms with Crippen LogP contribution in [0.15, 0.2) is 47.9 Å². The number of hydrogen-bond donors (Lipinski definition) is 1. The molecule has 0 saturated carbocycles. The Labute approximate surface area is 177 Å². The third-order valence-electron chi connectivity index (χ3n) is 5.36. The van der Waals surface area contributed by atoms with Crippen molar-refractivity contribution in [1.82, 2.24) is 10.2 Å². The van der Waals surface area contributed by atoms with E-state index in [1.54, 1.807) is 17.8 Å². The van der Waals surface area contributed by atoms with E-state index in [2.05, 4.69) is 48.3 Å². The molecule has 0 aliphatic carbocycles. The molecule has 0 bridgehead atoms. The summed E-state index contributed by atoms with van der Waals surface area (Å²) in [5.41, 5.74) is 5.25. The molecule has 1 heterocycles. The molecule has 0 saturated heterocycles. The zero-order valence-corrected chi connectivity index (χ0v) is 18.3. The Morgan fingerprint density at radius 2 is 2.21 bits per heavy atom. The third-order valence-corrected chi connectivity index (χ3v) is 6.38. The number of fused-ring (bicyclic) bond motifs is 1. The fraction of sp³-hybridized carbons (Fsp3) is 0.348. The van der Waals surface area contributed by atoms with Crippen molar-refractivity contribution in [2.75, 3.05) is 19.8 Å². The van der Waals surface area contributed by atoms with Crippen molar-refractivity contribution in [3.8, 4) is 0 Å². The van der Waals surface area contributed by atoms with Crippen molar-refractivity contribution < 1.29 is 4.79 Å². The number of nitrogens with one attached hydrogen (secondary N) is 1. The minimum Gasteiger partial charge on any atom is -0.345 e. The zero-order valence-electron chi connectivity index (χ0n) is 16.7. The van der Waals surface area contributed by atoms with E-state index < -0.39 is 0 Å². The van der Waals surface area contributed by atoms with Gasteiger partial charge in [0, 0.05) is 18.0 Å². The standard InChI is InChI=1S/C23H27ClN2OS/c1-5-18(11-16-7-6-8-19(12-16)28-4)25-23(27)22-15(2)20-9-10-26(3)14-17(20)13-21(22)24/h5-8,12-13,18H,1,9-11,14H2,2-4H3,(H,25,27). The van der Waals surface area contributed by atoms with Crippen molar-refractivity contribution in [2.24, 2.45) is 0 Å². The normalized spacial score (nSPS) is 15.0. The number of thioether (sulfide) groups is 1. The van der Waals surface area contributed by atoms with Crippen molar-refractivity contribution in [3.05, 3.63) is 75.8 Å². The number of benzene rings is 2. The van der Waals surface area contributed by atoms with Crippen LogP contribution >= 0.6 is 23.4 Å². The lowest BCUT2D eigenvalue weighted by Crippen LogP contribution is -2.36. The Balaban J connectivity index is 1.80. The molecule has 0 fully saturated rings. The predicted octanol–water partition coefficient (Wildman–Crippen LogP) is 4.89. The molecule has 3 rings (SSSR count). The molecule has 0 aromatic heterocycles. The summed E-state index contributed by atoms with van der Waals surface area (Å²) >= 11 is 8.24. The molecule has 1 unspecified atom stereocenters. The van der Waals surface area contributed by atoms with Gasteiger partial charge in [0.2, 0.25) is 0 Å². The largest absolute Gasteiger partial charge is 0.345 e. The summed E-state index contributed by atoms with van der Waals surface area (Å²) in [4.78, 5) is 16.5. The van der Waals surface area contributed by atoms with Crippen LogP contribution in [0.1, 0.15) is 32.6 Å². The van der Waals surface area contributed by atoms with E-state index in [1.807, 2.05) is 19.1 Å². The number of amides is 1. The van der Waals surface area contributed by atoms with Gasteiger partial charge in [-0.2, -0.15) is 0 Å². The average Bonchev–Trinajstić information content (AvgIpc) is 2.67. The summed E-state index contributed by atoms with van der Waals surface area (Å²) in [7, 11) is 2.10. The second-order valence-corrected chi connectivity index (χ2v) is 8.64. The number of halogens is 1. The molecule has 0 spiro atoms. The van der Waals surface area contributed by atoms with Crippen LogP contribution in [-0.4, -0.2) is 36.7 Å². The number of nitrogens with zero attached hydrogens (tertiary/aromatic N) is 1. The molecular weight excluding hydrogens is 388 g/mol. The first kappa shape index (κ1) is 21.0. The lowest BCUT2D eigenvalue weighted by atomic mass is 9.91. The smallest absolute Gasteiger partial charge is 0.253 e. The Bertz CT molecular complexity index is 896. The Kier molecular flexibility index (Phi) is 6.86. The van der Waals surface area contributed by atoms with Crippen LogP contribution in [0.2, 0.25) is 5.02 Å². The van der Waals surface area contributed by atoms with Gasteiger partial charge in [-0.15, -0.1) is 18.3 Å². The summed E-state index contributed by atoms with van der Waals surface area (Å²) in [6.07, 6.45) is 5.50. The van der Waals surface area contributed by atoms with Crippen LogP contribution in [0.5, 0.6) is 0 Å². The minimum absolute atomic E-state index is 0.129. The quantitative estimate of drug-likeness (QED) is 0.539. The van der Waals surface area contributed by atoms with Gasteiger partial charge in [0.1, 0.15) is 0 Å². The molecule has 2 aromatic carbocycles. The van der Waals surface area contributed by atoms with Gasteiger partial charge in [0.25, 0.3) is 5.91 Å². The molecule has 28 heavy (non-hydrogen) atoms. The maximum absolute atomic E-state index is 13.1. The first-order chi connectivity index (χ1) is 13.4. The number of carbonyl (C=O) groups excluding carboxylic acids is 1. The molecule has 0 radical (unpaired) electrons. The van der Waals surface area contributed by atoms with Crippen LogP contribution in [0.4, 0.5) is 0 Å². The number of carbonyl (C=O) groups is 1. The molecule has 1 amide bonds. The summed E-state index contributed by atoms with van der Waals surface area (Å²) in [6.45, 7) is 7.79. The first-order valence-electron chi connectivity index (χ1n) is 9.48. The van der Waals surface area contributed by atoms with Crippen LogP contribution in [0, 0.1) is 6.92 Å². The van der Waals surface area contributed by atoms with E-state index in [4.69, 9.17) is 11.6 Å². The SMILES string of the molecule is C=CC(Cc1cccc(SC)c1)NC(=O)c1c(Cl)cc2c(c1C)CCN(C)C2. The van der Waals surface area contributed by atoms with Crippen LogP contribution in [0.3, 0.4) is 0 Å². The van der Waals surface area contributed by atoms with Gasteiger partial charge in [0.15, 0.2) is 0 Å². The van der Waals surface area contributed by atoms with Gasteiger partial charge >= 0.3 is 0 Å². The van der Waals surface area contributed by atoms with Crippen LogP contribution < -0.4 is 5.32 Å². The molecule has 1 atom stereocenters. The third kappa shape index (κ3) is 4.62. The minimum atomic E-state index is -0.151. The van der Waals surface area contributed by atoms with Crippen LogP contribution in [0.25, 0.3) is 0 Å². The molecule has 1 aliphatic heterocycles. The van der Waals surface area contributed by atoms with Gasteiger partial charge in [-0.1, -0.05) is 29.8 Å². The highest BCUT2D eigenvalue weighted by atomic mass is 35.5. The summed E-state index contributed by atoms with van der Waals surface area (Å²) < 4.78 is 0. The first-order valence-corrected chi connectivity index (χ1v) is 11.1. The highest BCUT2D eigenvalue weighted by Crippen LogP contribution is 2.30. The van der Waals surface area contributed by atoms with Crippen molar-refractivity contribution in [1.29, 1.82) is 0 Å². The molecular formula is C23H27ClN2OS. The van der Waals surface area contributed by atoms with E-state index in [-0.39, 0.29) is 11.9 Å². The second kappa shape index (κ2) is 9.17. The van der Waals surface area contributed by atoms with Crippen molar-refractivity contribution in [3.63, 3.8) is 0 Å². The maximum atomic E-state index is 13.1. The van der Waals surface area contributed by atoms with Gasteiger partial charge < -0.3 is 10.2 Å². The average molecular weight is 415 g/mol. The van der Waals surface area contributed by atoms with E-state index in [0.717, 1.165) is 25.1 Å². The summed E-state index contributed by atoms with van der Waals surface area (Å²) in [5.74, 6) is -0.129. The highest BCUT2D eigenvalue weighted by Gasteiger charge is 2.23. The second-order valence-electron chi connectivity index (χ2n) is 7.36. The van der Waals surface area contributed by atoms with Gasteiger partial charge in [-0.05, 0) is 73.5 Å². The molecule has 3 nitrogen and oxygen atoms in total. The molecule has 1 N–H and O–H groups in total. The van der Waals surface area contributed by atoms with E-state index in [9.17, 15) is 4.79 Å². The Morgan fingerprint density at radius 3 is 2.93 bits per heavy atom. The fourth-order valence-electron chi connectivity index (χ4n) is 3.81. The molecule has 2 aromatic rings. The topological polar surface area (TPSA) is 32.3 Å². The summed E-state index contributed by atoms with van der Waals surface area (Å²) in [6, 6.07) is 10.2.